The zero-order valence-corrected chi connectivity index (χ0v) is 15.7. The number of nitrogens with zero attached hydrogens (tertiary/aromatic N) is 2. The number of rotatable bonds is 4. The number of furan rings is 1. The average Bonchev–Trinajstić information content (AvgIpc) is 3.02. The van der Waals surface area contributed by atoms with Crippen molar-refractivity contribution < 1.29 is 21.6 Å². The zero-order valence-electron chi connectivity index (χ0n) is 14.9. The normalized spacial score (nSPS) is 10.6. The molecule has 0 atom stereocenters. The van der Waals surface area contributed by atoms with Crippen LogP contribution in [0.3, 0.4) is 0 Å². The van der Waals surface area contributed by atoms with E-state index in [-0.39, 0.29) is 18.3 Å². The van der Waals surface area contributed by atoms with Gasteiger partial charge in [0.25, 0.3) is 0 Å². The molecule has 0 saturated carbocycles. The SMILES string of the molecule is CCc1nc(Nc2ccc(NC(C)=O)cc2)c2oc3ccccc3c2n1.[Cl-]. The minimum Gasteiger partial charge on any atom is -1.00 e. The van der Waals surface area contributed by atoms with E-state index in [0.29, 0.717) is 11.4 Å². The lowest BCUT2D eigenvalue weighted by molar-refractivity contribution is -0.114. The molecule has 1 amide bonds. The molecule has 2 heterocycles. The molecule has 0 spiro atoms. The molecular weight excluding hydrogens is 364 g/mol. The van der Waals surface area contributed by atoms with Crippen LogP contribution < -0.4 is 23.0 Å². The van der Waals surface area contributed by atoms with E-state index >= 15 is 0 Å². The van der Waals surface area contributed by atoms with E-state index in [9.17, 15) is 4.79 Å². The molecule has 0 bridgehead atoms. The fourth-order valence-corrected chi connectivity index (χ4v) is 2.86. The molecule has 4 rings (SSSR count). The van der Waals surface area contributed by atoms with Gasteiger partial charge in [0.2, 0.25) is 5.91 Å². The number of carbonyl (C=O) groups excluding carboxylic acids is 1. The van der Waals surface area contributed by atoms with E-state index in [1.54, 1.807) is 0 Å². The Morgan fingerprint density at radius 2 is 1.74 bits per heavy atom. The Kier molecular flexibility index (Phi) is 5.28. The second kappa shape index (κ2) is 7.63. The first-order chi connectivity index (χ1) is 12.6. The lowest BCUT2D eigenvalue weighted by atomic mass is 10.2. The van der Waals surface area contributed by atoms with Gasteiger partial charge in [-0.2, -0.15) is 0 Å². The minimum atomic E-state index is -0.0990. The number of halogens is 1. The minimum absolute atomic E-state index is 0. The Balaban J connectivity index is 0.00000210. The van der Waals surface area contributed by atoms with Crippen LogP contribution in [0, 0.1) is 0 Å². The van der Waals surface area contributed by atoms with E-state index in [2.05, 4.69) is 20.6 Å². The van der Waals surface area contributed by atoms with Gasteiger partial charge >= 0.3 is 0 Å². The maximum absolute atomic E-state index is 11.1. The maximum atomic E-state index is 11.1. The highest BCUT2D eigenvalue weighted by Crippen LogP contribution is 2.32. The van der Waals surface area contributed by atoms with Crippen molar-refractivity contribution in [1.82, 2.24) is 9.97 Å². The van der Waals surface area contributed by atoms with Crippen LogP contribution in [0.2, 0.25) is 0 Å². The molecule has 0 radical (unpaired) electrons. The third-order valence-corrected chi connectivity index (χ3v) is 4.05. The highest BCUT2D eigenvalue weighted by Gasteiger charge is 2.15. The van der Waals surface area contributed by atoms with Crippen molar-refractivity contribution in [3.05, 3.63) is 54.4 Å². The Bertz CT molecular complexity index is 1110. The van der Waals surface area contributed by atoms with E-state index < -0.39 is 0 Å². The van der Waals surface area contributed by atoms with Crippen LogP contribution in [0.4, 0.5) is 17.2 Å². The molecule has 0 aliphatic heterocycles. The van der Waals surface area contributed by atoms with Crippen molar-refractivity contribution in [1.29, 1.82) is 0 Å². The Morgan fingerprint density at radius 1 is 1.04 bits per heavy atom. The number of anilines is 3. The van der Waals surface area contributed by atoms with E-state index in [4.69, 9.17) is 4.42 Å². The van der Waals surface area contributed by atoms with Crippen LogP contribution in [-0.2, 0) is 11.2 Å². The van der Waals surface area contributed by atoms with Crippen LogP contribution in [0.5, 0.6) is 0 Å². The molecule has 2 aromatic carbocycles. The molecule has 0 aliphatic carbocycles. The lowest BCUT2D eigenvalue weighted by Crippen LogP contribution is -3.00. The van der Waals surface area contributed by atoms with Crippen LogP contribution in [0.1, 0.15) is 19.7 Å². The summed E-state index contributed by atoms with van der Waals surface area (Å²) >= 11 is 0. The van der Waals surface area contributed by atoms with Crippen LogP contribution in [-0.4, -0.2) is 15.9 Å². The first-order valence-electron chi connectivity index (χ1n) is 8.47. The fraction of sp³-hybridized carbons (Fsp3) is 0.150. The number of aromatic nitrogens is 2. The topological polar surface area (TPSA) is 80.0 Å². The smallest absolute Gasteiger partial charge is 0.221 e. The van der Waals surface area contributed by atoms with Crippen molar-refractivity contribution in [2.75, 3.05) is 10.6 Å². The Labute approximate surface area is 162 Å². The number of amides is 1. The standard InChI is InChI=1S/C20H18N4O2.ClH/c1-3-17-23-18-15-6-4-5-7-16(15)26-19(18)20(24-17)22-14-10-8-13(9-11-14)21-12(2)25;/h4-11H,3H2,1-2H3,(H,21,25)(H,22,23,24);1H/p-1. The number of benzene rings is 2. The number of hydrogen-bond donors (Lipinski definition) is 2. The molecule has 0 aliphatic rings. The average molecular weight is 382 g/mol. The molecule has 6 nitrogen and oxygen atoms in total. The lowest BCUT2D eigenvalue weighted by Gasteiger charge is -2.08. The Hall–Kier alpha value is -3.12. The van der Waals surface area contributed by atoms with Crippen molar-refractivity contribution in [2.24, 2.45) is 0 Å². The van der Waals surface area contributed by atoms with Gasteiger partial charge in [0.1, 0.15) is 16.9 Å². The van der Waals surface area contributed by atoms with Gasteiger partial charge in [-0.05, 0) is 36.4 Å². The van der Waals surface area contributed by atoms with Crippen LogP contribution in [0.25, 0.3) is 22.1 Å². The number of fused-ring (bicyclic) bond motifs is 3. The summed E-state index contributed by atoms with van der Waals surface area (Å²) in [6, 6.07) is 15.3. The van der Waals surface area contributed by atoms with E-state index in [1.165, 1.54) is 6.92 Å². The van der Waals surface area contributed by atoms with Crippen molar-refractivity contribution in [2.45, 2.75) is 20.3 Å². The molecule has 2 N–H and O–H groups in total. The second-order valence-corrected chi connectivity index (χ2v) is 6.00. The molecule has 138 valence electrons. The second-order valence-electron chi connectivity index (χ2n) is 6.00. The summed E-state index contributed by atoms with van der Waals surface area (Å²) in [6.45, 7) is 3.51. The van der Waals surface area contributed by atoms with Crippen molar-refractivity contribution in [3.8, 4) is 0 Å². The summed E-state index contributed by atoms with van der Waals surface area (Å²) < 4.78 is 5.99. The number of carbonyl (C=O) groups is 1. The summed E-state index contributed by atoms with van der Waals surface area (Å²) in [7, 11) is 0. The molecule has 27 heavy (non-hydrogen) atoms. The van der Waals surface area contributed by atoms with Crippen molar-refractivity contribution >= 4 is 45.2 Å². The molecular formula is C20H18ClN4O2-. The highest BCUT2D eigenvalue weighted by molar-refractivity contribution is 6.06. The summed E-state index contributed by atoms with van der Waals surface area (Å²) in [6.07, 6.45) is 0.728. The van der Waals surface area contributed by atoms with Gasteiger partial charge < -0.3 is 27.5 Å². The highest BCUT2D eigenvalue weighted by atomic mass is 35.5. The van der Waals surface area contributed by atoms with Gasteiger partial charge in [0.05, 0.1) is 0 Å². The van der Waals surface area contributed by atoms with Gasteiger partial charge in [-0.15, -0.1) is 0 Å². The summed E-state index contributed by atoms with van der Waals surface area (Å²) in [4.78, 5) is 20.4. The van der Waals surface area contributed by atoms with Gasteiger partial charge in [-0.1, -0.05) is 19.1 Å². The number of aryl methyl sites for hydroxylation is 1. The first kappa shape index (κ1) is 18.7. The van der Waals surface area contributed by atoms with E-state index in [1.807, 2.05) is 55.5 Å². The third kappa shape index (κ3) is 3.71. The summed E-state index contributed by atoms with van der Waals surface area (Å²) in [5.41, 5.74) is 3.82. The van der Waals surface area contributed by atoms with Crippen LogP contribution >= 0.6 is 0 Å². The predicted octanol–water partition coefficient (Wildman–Crippen LogP) is 1.64. The molecule has 4 aromatic rings. The monoisotopic (exact) mass is 381 g/mol. The predicted molar refractivity (Wildman–Crippen MR) is 103 cm³/mol. The van der Waals surface area contributed by atoms with Crippen LogP contribution in [0.15, 0.2) is 52.9 Å². The maximum Gasteiger partial charge on any atom is 0.221 e. The Morgan fingerprint density at radius 3 is 2.44 bits per heavy atom. The quantitative estimate of drug-likeness (QED) is 0.562. The number of para-hydroxylation sites is 1. The molecule has 0 saturated heterocycles. The summed E-state index contributed by atoms with van der Waals surface area (Å²) in [5, 5.41) is 7.03. The summed E-state index contributed by atoms with van der Waals surface area (Å²) in [5.74, 6) is 1.29. The molecule has 0 unspecified atom stereocenters. The largest absolute Gasteiger partial charge is 1.00 e. The van der Waals surface area contributed by atoms with Gasteiger partial charge in [-0.25, -0.2) is 9.97 Å². The van der Waals surface area contributed by atoms with Gasteiger partial charge in [0, 0.05) is 30.1 Å². The van der Waals surface area contributed by atoms with Gasteiger partial charge in [-0.3, -0.25) is 4.79 Å². The molecule has 2 aromatic heterocycles. The molecule has 0 fully saturated rings. The van der Waals surface area contributed by atoms with E-state index in [0.717, 1.165) is 40.1 Å². The van der Waals surface area contributed by atoms with Crippen molar-refractivity contribution in [3.63, 3.8) is 0 Å². The third-order valence-electron chi connectivity index (χ3n) is 4.05. The number of nitrogens with one attached hydrogen (secondary N) is 2. The van der Waals surface area contributed by atoms with Gasteiger partial charge in [0.15, 0.2) is 11.4 Å². The zero-order chi connectivity index (χ0) is 18.1. The fourth-order valence-electron chi connectivity index (χ4n) is 2.86. The number of hydrogen-bond acceptors (Lipinski definition) is 5. The first-order valence-corrected chi connectivity index (χ1v) is 8.47. The molecule has 7 heteroatoms.